The van der Waals surface area contributed by atoms with Crippen LogP contribution in [0.25, 0.3) is 0 Å². The molecule has 1 aromatic carbocycles. The minimum Gasteiger partial charge on any atom is -0.370 e. The van der Waals surface area contributed by atoms with Crippen molar-refractivity contribution in [2.24, 2.45) is 11.8 Å². The van der Waals surface area contributed by atoms with E-state index in [4.69, 9.17) is 4.74 Å². The Kier molecular flexibility index (Phi) is 4.29. The van der Waals surface area contributed by atoms with Crippen LogP contribution in [0, 0.1) is 25.7 Å². The summed E-state index contributed by atoms with van der Waals surface area (Å²) in [5.41, 5.74) is 2.90. The first-order valence-corrected chi connectivity index (χ1v) is 10.3. The number of nitrogens with zero attached hydrogens (tertiary/aromatic N) is 2. The summed E-state index contributed by atoms with van der Waals surface area (Å²) in [7, 11) is 0. The predicted molar refractivity (Wildman–Crippen MR) is 106 cm³/mol. The Morgan fingerprint density at radius 2 is 2.32 bits per heavy atom. The van der Waals surface area contributed by atoms with Crippen molar-refractivity contribution in [3.63, 3.8) is 0 Å². The molecule has 6 heteroatoms. The smallest absolute Gasteiger partial charge is 0.251 e. The Balaban J connectivity index is 1.26. The Labute approximate surface area is 165 Å². The van der Waals surface area contributed by atoms with Crippen molar-refractivity contribution in [1.82, 2.24) is 20.2 Å². The molecule has 1 amide bonds. The van der Waals surface area contributed by atoms with Gasteiger partial charge in [0.15, 0.2) is 0 Å². The summed E-state index contributed by atoms with van der Waals surface area (Å²) in [5.74, 6) is 1.92. The van der Waals surface area contributed by atoms with Crippen molar-refractivity contribution >= 4 is 5.91 Å². The lowest BCUT2D eigenvalue weighted by Gasteiger charge is -2.29. The number of rotatable bonds is 5. The molecule has 3 aliphatic rings. The van der Waals surface area contributed by atoms with Crippen LogP contribution in [-0.2, 0) is 11.3 Å². The number of ether oxygens (including phenoxy) is 1. The lowest BCUT2D eigenvalue weighted by molar-refractivity contribution is 0.00196. The standard InChI is InChI=1S/C22H28N4O2/c1-14-3-4-15(2)16(9-14)21(27)25-10-17-18-11-26(12-20-23-7-8-24-20)13-22(18)6-5-19(17)28-22/h3-4,7-9,17-19H,5-6,10-13H2,1-2H3,(H,23,24)(H,25,27)/t17-,18+,19+,22+/m0/s1. The summed E-state index contributed by atoms with van der Waals surface area (Å²) >= 11 is 0. The third-order valence-corrected chi connectivity index (χ3v) is 6.92. The van der Waals surface area contributed by atoms with Gasteiger partial charge in [-0.2, -0.15) is 0 Å². The maximum absolute atomic E-state index is 12.8. The van der Waals surface area contributed by atoms with Crippen LogP contribution >= 0.6 is 0 Å². The number of amides is 1. The molecule has 3 fully saturated rings. The van der Waals surface area contributed by atoms with Crippen LogP contribution in [0.2, 0.25) is 0 Å². The van der Waals surface area contributed by atoms with Crippen molar-refractivity contribution in [2.75, 3.05) is 19.6 Å². The van der Waals surface area contributed by atoms with Gasteiger partial charge in [0.2, 0.25) is 0 Å². The minimum absolute atomic E-state index is 0.0219. The number of aryl methyl sites for hydroxylation is 2. The van der Waals surface area contributed by atoms with Crippen LogP contribution in [0.15, 0.2) is 30.6 Å². The number of aromatic nitrogens is 2. The second-order valence-electron chi connectivity index (χ2n) is 8.76. The molecule has 2 N–H and O–H groups in total. The van der Waals surface area contributed by atoms with Crippen molar-refractivity contribution in [3.8, 4) is 0 Å². The average molecular weight is 380 g/mol. The molecule has 0 unspecified atom stereocenters. The molecule has 4 heterocycles. The van der Waals surface area contributed by atoms with Gasteiger partial charge in [-0.05, 0) is 38.3 Å². The zero-order valence-corrected chi connectivity index (χ0v) is 16.6. The van der Waals surface area contributed by atoms with Crippen LogP contribution in [-0.4, -0.2) is 52.1 Å². The van der Waals surface area contributed by atoms with E-state index in [2.05, 4.69) is 20.2 Å². The summed E-state index contributed by atoms with van der Waals surface area (Å²) < 4.78 is 6.50. The van der Waals surface area contributed by atoms with Crippen LogP contribution < -0.4 is 5.32 Å². The van der Waals surface area contributed by atoms with Crippen molar-refractivity contribution < 1.29 is 9.53 Å². The van der Waals surface area contributed by atoms with Gasteiger partial charge in [-0.15, -0.1) is 0 Å². The lowest BCUT2D eigenvalue weighted by atomic mass is 9.73. The highest BCUT2D eigenvalue weighted by Gasteiger charge is 2.62. The minimum atomic E-state index is -0.0219. The Bertz CT molecular complexity index is 881. The van der Waals surface area contributed by atoms with Crippen molar-refractivity contribution in [2.45, 2.75) is 44.9 Å². The molecule has 1 spiro atoms. The van der Waals surface area contributed by atoms with E-state index in [1.807, 2.05) is 38.2 Å². The number of nitrogens with one attached hydrogen (secondary N) is 2. The van der Waals surface area contributed by atoms with Gasteiger partial charge >= 0.3 is 0 Å². The first-order valence-electron chi connectivity index (χ1n) is 10.3. The molecule has 2 bridgehead atoms. The zero-order valence-electron chi connectivity index (χ0n) is 16.6. The molecule has 2 aromatic rings. The second-order valence-corrected chi connectivity index (χ2v) is 8.76. The second kappa shape index (κ2) is 6.71. The molecular weight excluding hydrogens is 352 g/mol. The summed E-state index contributed by atoms with van der Waals surface area (Å²) in [6.45, 7) is 7.53. The predicted octanol–water partition coefficient (Wildman–Crippen LogP) is 2.44. The van der Waals surface area contributed by atoms with E-state index >= 15 is 0 Å². The van der Waals surface area contributed by atoms with Gasteiger partial charge in [-0.1, -0.05) is 17.7 Å². The summed E-state index contributed by atoms with van der Waals surface area (Å²) in [6.07, 6.45) is 6.21. The third-order valence-electron chi connectivity index (χ3n) is 6.92. The summed E-state index contributed by atoms with van der Waals surface area (Å²) in [4.78, 5) is 22.8. The Morgan fingerprint density at radius 1 is 1.43 bits per heavy atom. The molecule has 28 heavy (non-hydrogen) atoms. The highest BCUT2D eigenvalue weighted by atomic mass is 16.5. The van der Waals surface area contributed by atoms with E-state index in [1.54, 1.807) is 6.20 Å². The summed E-state index contributed by atoms with van der Waals surface area (Å²) in [6, 6.07) is 6.04. The molecule has 3 aliphatic heterocycles. The van der Waals surface area contributed by atoms with E-state index in [9.17, 15) is 4.79 Å². The number of carbonyl (C=O) groups excluding carboxylic acids is 1. The zero-order chi connectivity index (χ0) is 19.3. The van der Waals surface area contributed by atoms with Crippen LogP contribution in [0.3, 0.4) is 0 Å². The van der Waals surface area contributed by atoms with Gasteiger partial charge in [0.1, 0.15) is 5.82 Å². The number of H-pyrrole nitrogens is 1. The van der Waals surface area contributed by atoms with Crippen LogP contribution in [0.4, 0.5) is 0 Å². The number of benzene rings is 1. The van der Waals surface area contributed by atoms with Gasteiger partial charge in [0, 0.05) is 49.4 Å². The lowest BCUT2D eigenvalue weighted by Crippen LogP contribution is -2.42. The summed E-state index contributed by atoms with van der Waals surface area (Å²) in [5, 5.41) is 3.21. The molecule has 6 nitrogen and oxygen atoms in total. The van der Waals surface area contributed by atoms with Gasteiger partial charge in [-0.25, -0.2) is 4.98 Å². The number of hydrogen-bond donors (Lipinski definition) is 2. The number of fused-ring (bicyclic) bond motifs is 1. The largest absolute Gasteiger partial charge is 0.370 e. The van der Waals surface area contributed by atoms with Crippen LogP contribution in [0.1, 0.15) is 40.2 Å². The van der Waals surface area contributed by atoms with E-state index in [0.29, 0.717) is 18.4 Å². The highest BCUT2D eigenvalue weighted by molar-refractivity contribution is 5.95. The van der Waals surface area contributed by atoms with Crippen molar-refractivity contribution in [3.05, 3.63) is 53.1 Å². The molecule has 0 saturated carbocycles. The first-order chi connectivity index (χ1) is 13.5. The van der Waals surface area contributed by atoms with Gasteiger partial charge < -0.3 is 15.0 Å². The quantitative estimate of drug-likeness (QED) is 0.836. The number of likely N-dealkylation sites (tertiary alicyclic amines) is 1. The normalized spacial score (nSPS) is 31.3. The maximum Gasteiger partial charge on any atom is 0.251 e. The maximum atomic E-state index is 12.8. The van der Waals surface area contributed by atoms with E-state index in [-0.39, 0.29) is 17.6 Å². The van der Waals surface area contributed by atoms with Gasteiger partial charge in [0.25, 0.3) is 5.91 Å². The molecular formula is C22H28N4O2. The molecule has 148 valence electrons. The van der Waals surface area contributed by atoms with Gasteiger partial charge in [-0.3, -0.25) is 9.69 Å². The Morgan fingerprint density at radius 3 is 3.14 bits per heavy atom. The monoisotopic (exact) mass is 380 g/mol. The number of aromatic amines is 1. The topological polar surface area (TPSA) is 70.2 Å². The highest BCUT2D eigenvalue weighted by Crippen LogP contribution is 2.54. The van der Waals surface area contributed by atoms with E-state index in [1.165, 1.54) is 0 Å². The average Bonchev–Trinajstić information content (AvgIpc) is 3.43. The fraction of sp³-hybridized carbons (Fsp3) is 0.545. The van der Waals surface area contributed by atoms with E-state index < -0.39 is 0 Å². The number of hydrogen-bond acceptors (Lipinski definition) is 4. The molecule has 4 atom stereocenters. The molecule has 1 aromatic heterocycles. The van der Waals surface area contributed by atoms with Crippen LogP contribution in [0.5, 0.6) is 0 Å². The fourth-order valence-electron chi connectivity index (χ4n) is 5.56. The molecule has 0 radical (unpaired) electrons. The first kappa shape index (κ1) is 17.9. The number of carbonyl (C=O) groups is 1. The third kappa shape index (κ3) is 2.95. The van der Waals surface area contributed by atoms with Crippen molar-refractivity contribution in [1.29, 1.82) is 0 Å². The number of imidazole rings is 1. The molecule has 5 rings (SSSR count). The Hall–Kier alpha value is -2.18. The van der Waals surface area contributed by atoms with E-state index in [0.717, 1.165) is 55.0 Å². The van der Waals surface area contributed by atoms with Gasteiger partial charge in [0.05, 0.1) is 18.2 Å². The molecule has 0 aliphatic carbocycles. The fourth-order valence-corrected chi connectivity index (χ4v) is 5.56. The molecule has 3 saturated heterocycles. The SMILES string of the molecule is Cc1ccc(C)c(C(=O)NC[C@H]2[C@H]3CN(Cc4ncc[nH]4)C[C@]34CC[C@H]2O4)c1.